The second-order valence-electron chi connectivity index (χ2n) is 4.25. The first-order valence-corrected chi connectivity index (χ1v) is 6.74. The SMILES string of the molecule is O=C(OCc1cccs1)C1Cc2ccccc2N1. The summed E-state index contributed by atoms with van der Waals surface area (Å²) in [6.45, 7) is 0.366. The molecule has 1 aromatic heterocycles. The Labute approximate surface area is 109 Å². The minimum atomic E-state index is -0.248. The Morgan fingerprint density at radius 3 is 3.00 bits per heavy atom. The number of rotatable bonds is 3. The fraction of sp³-hybridized carbons (Fsp3) is 0.214. The number of anilines is 1. The van der Waals surface area contributed by atoms with Crippen molar-refractivity contribution >= 4 is 23.0 Å². The lowest BCUT2D eigenvalue weighted by atomic mass is 10.1. The molecule has 0 spiro atoms. The molecule has 1 aliphatic heterocycles. The van der Waals surface area contributed by atoms with Crippen LogP contribution < -0.4 is 5.32 Å². The van der Waals surface area contributed by atoms with Crippen LogP contribution in [-0.2, 0) is 22.6 Å². The zero-order valence-electron chi connectivity index (χ0n) is 9.76. The van der Waals surface area contributed by atoms with Gasteiger partial charge >= 0.3 is 5.97 Å². The summed E-state index contributed by atoms with van der Waals surface area (Å²) in [5, 5.41) is 5.17. The molecule has 0 aliphatic carbocycles. The molecule has 1 aromatic carbocycles. The molecule has 0 radical (unpaired) electrons. The van der Waals surface area contributed by atoms with Crippen LogP contribution in [-0.4, -0.2) is 12.0 Å². The molecule has 0 amide bonds. The summed E-state index contributed by atoms with van der Waals surface area (Å²) >= 11 is 1.60. The molecule has 0 bridgehead atoms. The van der Waals surface area contributed by atoms with Crippen LogP contribution in [0, 0.1) is 0 Å². The zero-order chi connectivity index (χ0) is 12.4. The highest BCUT2D eigenvalue weighted by Crippen LogP contribution is 2.25. The van der Waals surface area contributed by atoms with E-state index in [2.05, 4.69) is 5.32 Å². The first-order chi connectivity index (χ1) is 8.83. The number of benzene rings is 1. The van der Waals surface area contributed by atoms with Gasteiger partial charge in [0.15, 0.2) is 0 Å². The van der Waals surface area contributed by atoms with Gasteiger partial charge in [-0.3, -0.25) is 0 Å². The van der Waals surface area contributed by atoms with Crippen molar-refractivity contribution in [2.75, 3.05) is 5.32 Å². The lowest BCUT2D eigenvalue weighted by molar-refractivity contribution is -0.145. The summed E-state index contributed by atoms with van der Waals surface area (Å²) < 4.78 is 5.31. The van der Waals surface area contributed by atoms with Crippen molar-refractivity contribution in [1.29, 1.82) is 0 Å². The Balaban J connectivity index is 1.59. The third kappa shape index (κ3) is 2.24. The number of thiophene rings is 1. The van der Waals surface area contributed by atoms with Crippen molar-refractivity contribution in [2.24, 2.45) is 0 Å². The molecule has 3 nitrogen and oxygen atoms in total. The highest BCUT2D eigenvalue weighted by molar-refractivity contribution is 7.09. The van der Waals surface area contributed by atoms with E-state index in [0.717, 1.165) is 10.6 Å². The molecule has 2 aromatic rings. The van der Waals surface area contributed by atoms with E-state index in [0.29, 0.717) is 13.0 Å². The third-order valence-corrected chi connectivity index (χ3v) is 3.84. The van der Waals surface area contributed by atoms with E-state index in [1.807, 2.05) is 41.8 Å². The first kappa shape index (κ1) is 11.3. The van der Waals surface area contributed by atoms with Crippen molar-refractivity contribution < 1.29 is 9.53 Å². The van der Waals surface area contributed by atoms with E-state index in [4.69, 9.17) is 4.74 Å². The molecule has 1 aliphatic rings. The van der Waals surface area contributed by atoms with Crippen molar-refractivity contribution in [1.82, 2.24) is 0 Å². The topological polar surface area (TPSA) is 38.3 Å². The van der Waals surface area contributed by atoms with Crippen LogP contribution in [0.4, 0.5) is 5.69 Å². The average molecular weight is 259 g/mol. The number of carbonyl (C=O) groups excluding carboxylic acids is 1. The maximum atomic E-state index is 11.9. The number of hydrogen-bond acceptors (Lipinski definition) is 4. The number of carbonyl (C=O) groups is 1. The predicted molar refractivity (Wildman–Crippen MR) is 71.7 cm³/mol. The molecule has 3 rings (SSSR count). The monoisotopic (exact) mass is 259 g/mol. The molecular weight excluding hydrogens is 246 g/mol. The van der Waals surface area contributed by atoms with Crippen LogP contribution in [0.25, 0.3) is 0 Å². The van der Waals surface area contributed by atoms with E-state index in [1.54, 1.807) is 11.3 Å². The average Bonchev–Trinajstić information content (AvgIpc) is 3.04. The van der Waals surface area contributed by atoms with Gasteiger partial charge < -0.3 is 10.1 Å². The number of fused-ring (bicyclic) bond motifs is 1. The second kappa shape index (κ2) is 4.82. The summed E-state index contributed by atoms with van der Waals surface area (Å²) in [5.41, 5.74) is 2.21. The smallest absolute Gasteiger partial charge is 0.329 e. The Morgan fingerprint density at radius 1 is 1.33 bits per heavy atom. The van der Waals surface area contributed by atoms with Gasteiger partial charge in [-0.1, -0.05) is 24.3 Å². The minimum Gasteiger partial charge on any atom is -0.458 e. The van der Waals surface area contributed by atoms with E-state index in [-0.39, 0.29) is 12.0 Å². The highest BCUT2D eigenvalue weighted by Gasteiger charge is 2.27. The Hall–Kier alpha value is -1.81. The lowest BCUT2D eigenvalue weighted by Crippen LogP contribution is -2.28. The molecular formula is C14H13NO2S. The van der Waals surface area contributed by atoms with Gasteiger partial charge in [0.25, 0.3) is 0 Å². The number of esters is 1. The summed E-state index contributed by atoms with van der Waals surface area (Å²) in [6.07, 6.45) is 0.708. The summed E-state index contributed by atoms with van der Waals surface area (Å²) in [4.78, 5) is 13.0. The molecule has 4 heteroatoms. The molecule has 1 unspecified atom stereocenters. The molecule has 0 saturated carbocycles. The van der Waals surface area contributed by atoms with Crippen LogP contribution in [0.15, 0.2) is 41.8 Å². The third-order valence-electron chi connectivity index (χ3n) is 2.99. The van der Waals surface area contributed by atoms with Gasteiger partial charge in [0.2, 0.25) is 0 Å². The van der Waals surface area contributed by atoms with E-state index in [1.165, 1.54) is 5.56 Å². The maximum Gasteiger partial charge on any atom is 0.329 e. The first-order valence-electron chi connectivity index (χ1n) is 5.86. The van der Waals surface area contributed by atoms with Crippen LogP contribution in [0.3, 0.4) is 0 Å². The summed E-state index contributed by atoms with van der Waals surface area (Å²) in [5.74, 6) is -0.181. The molecule has 2 heterocycles. The zero-order valence-corrected chi connectivity index (χ0v) is 10.6. The van der Waals surface area contributed by atoms with Gasteiger partial charge in [-0.25, -0.2) is 4.79 Å². The standard InChI is InChI=1S/C14H13NO2S/c16-14(17-9-11-5-3-7-18-11)13-8-10-4-1-2-6-12(10)15-13/h1-7,13,15H,8-9H2. The van der Waals surface area contributed by atoms with Crippen molar-refractivity contribution in [2.45, 2.75) is 19.1 Å². The predicted octanol–water partition coefficient (Wildman–Crippen LogP) is 2.83. The molecule has 18 heavy (non-hydrogen) atoms. The Kier molecular flexibility index (Phi) is 3.02. The van der Waals surface area contributed by atoms with Gasteiger partial charge in [-0.15, -0.1) is 11.3 Å². The molecule has 1 N–H and O–H groups in total. The highest BCUT2D eigenvalue weighted by atomic mass is 32.1. The molecule has 1 atom stereocenters. The fourth-order valence-electron chi connectivity index (χ4n) is 2.08. The number of ether oxygens (including phenoxy) is 1. The number of nitrogens with one attached hydrogen (secondary N) is 1. The number of hydrogen-bond donors (Lipinski definition) is 1. The Morgan fingerprint density at radius 2 is 2.22 bits per heavy atom. The second-order valence-corrected chi connectivity index (χ2v) is 5.28. The fourth-order valence-corrected chi connectivity index (χ4v) is 2.69. The van der Waals surface area contributed by atoms with Crippen LogP contribution in [0.2, 0.25) is 0 Å². The normalized spacial score (nSPS) is 17.0. The van der Waals surface area contributed by atoms with Crippen LogP contribution >= 0.6 is 11.3 Å². The summed E-state index contributed by atoms with van der Waals surface area (Å²) in [6, 6.07) is 11.6. The minimum absolute atomic E-state index is 0.181. The van der Waals surface area contributed by atoms with Crippen molar-refractivity contribution in [3.8, 4) is 0 Å². The van der Waals surface area contributed by atoms with Gasteiger partial charge in [-0.05, 0) is 23.1 Å². The van der Waals surface area contributed by atoms with E-state index < -0.39 is 0 Å². The van der Waals surface area contributed by atoms with E-state index in [9.17, 15) is 4.79 Å². The van der Waals surface area contributed by atoms with Gasteiger partial charge in [0.05, 0.1) is 0 Å². The van der Waals surface area contributed by atoms with Crippen molar-refractivity contribution in [3.63, 3.8) is 0 Å². The largest absolute Gasteiger partial charge is 0.458 e. The maximum absolute atomic E-state index is 11.9. The van der Waals surface area contributed by atoms with Crippen LogP contribution in [0.5, 0.6) is 0 Å². The van der Waals surface area contributed by atoms with Crippen LogP contribution in [0.1, 0.15) is 10.4 Å². The van der Waals surface area contributed by atoms with Crippen molar-refractivity contribution in [3.05, 3.63) is 52.2 Å². The van der Waals surface area contributed by atoms with Gasteiger partial charge in [-0.2, -0.15) is 0 Å². The van der Waals surface area contributed by atoms with E-state index >= 15 is 0 Å². The lowest BCUT2D eigenvalue weighted by Gasteiger charge is -2.10. The molecule has 0 saturated heterocycles. The summed E-state index contributed by atoms with van der Waals surface area (Å²) in [7, 11) is 0. The molecule has 92 valence electrons. The quantitative estimate of drug-likeness (QED) is 0.861. The number of para-hydroxylation sites is 1. The Bertz CT molecular complexity index is 526. The van der Waals surface area contributed by atoms with Gasteiger partial charge in [0.1, 0.15) is 12.6 Å². The molecule has 0 fully saturated rings. The van der Waals surface area contributed by atoms with Gasteiger partial charge in [0, 0.05) is 17.0 Å².